The van der Waals surface area contributed by atoms with Gasteiger partial charge in [0, 0.05) is 24.1 Å². The summed E-state index contributed by atoms with van der Waals surface area (Å²) >= 11 is 0. The Labute approximate surface area is 244 Å². The summed E-state index contributed by atoms with van der Waals surface area (Å²) in [5.74, 6) is -0.909. The molecule has 222 valence electrons. The number of amides is 1. The first-order valence-corrected chi connectivity index (χ1v) is 15.0. The zero-order valence-corrected chi connectivity index (χ0v) is 25.5. The third-order valence-electron chi connectivity index (χ3n) is 9.41. The van der Waals surface area contributed by atoms with Crippen molar-refractivity contribution in [1.29, 1.82) is 0 Å². The molecule has 7 atom stereocenters. The molecule has 2 aromatic carbocycles. The minimum atomic E-state index is -0.966. The first-order valence-electron chi connectivity index (χ1n) is 15.0. The van der Waals surface area contributed by atoms with Crippen LogP contribution in [0, 0.1) is 17.3 Å². The highest BCUT2D eigenvalue weighted by molar-refractivity contribution is 5.87. The van der Waals surface area contributed by atoms with Crippen LogP contribution in [0.1, 0.15) is 83.5 Å². The molecule has 0 unspecified atom stereocenters. The van der Waals surface area contributed by atoms with Gasteiger partial charge in [-0.05, 0) is 47.3 Å². The van der Waals surface area contributed by atoms with E-state index in [0.29, 0.717) is 13.0 Å². The van der Waals surface area contributed by atoms with Crippen LogP contribution < -0.4 is 10.1 Å². The van der Waals surface area contributed by atoms with Gasteiger partial charge in [0.2, 0.25) is 5.91 Å². The van der Waals surface area contributed by atoms with E-state index in [0.717, 1.165) is 29.7 Å². The van der Waals surface area contributed by atoms with Gasteiger partial charge in [0.05, 0.1) is 31.3 Å². The fourth-order valence-electron chi connectivity index (χ4n) is 7.43. The van der Waals surface area contributed by atoms with Gasteiger partial charge in [-0.1, -0.05) is 84.0 Å². The van der Waals surface area contributed by atoms with E-state index in [1.807, 2.05) is 36.4 Å². The first kappa shape index (κ1) is 29.6. The Morgan fingerprint density at radius 1 is 1.05 bits per heavy atom. The zero-order valence-electron chi connectivity index (χ0n) is 25.5. The normalized spacial score (nSPS) is 29.6. The number of carbonyl (C=O) groups excluding carboxylic acids is 1. The molecule has 3 saturated heterocycles. The predicted octanol–water partition coefficient (Wildman–Crippen LogP) is 5.72. The number of carboxylic acid groups (broad SMARTS) is 1. The van der Waals surface area contributed by atoms with Crippen molar-refractivity contribution in [2.45, 2.75) is 103 Å². The predicted molar refractivity (Wildman–Crippen MR) is 159 cm³/mol. The number of carbonyl (C=O) groups is 2. The number of benzene rings is 2. The fourth-order valence-corrected chi connectivity index (χ4v) is 7.43. The summed E-state index contributed by atoms with van der Waals surface area (Å²) in [7, 11) is 1.67. The number of hydrogen-bond acceptors (Lipinski definition) is 5. The molecule has 2 bridgehead atoms. The summed E-state index contributed by atoms with van der Waals surface area (Å²) in [5.41, 5.74) is 2.72. The molecule has 0 saturated carbocycles. The Balaban J connectivity index is 1.58. The van der Waals surface area contributed by atoms with Crippen LogP contribution in [0.25, 0.3) is 0 Å². The number of carboxylic acids is 1. The minimum absolute atomic E-state index is 0.0325. The number of ether oxygens (including phenoxy) is 2. The Kier molecular flexibility index (Phi) is 7.99. The summed E-state index contributed by atoms with van der Waals surface area (Å²) in [4.78, 5) is 29.3. The van der Waals surface area contributed by atoms with Crippen LogP contribution in [0.15, 0.2) is 48.5 Å². The van der Waals surface area contributed by atoms with Crippen molar-refractivity contribution in [1.82, 2.24) is 10.2 Å². The van der Waals surface area contributed by atoms with Crippen LogP contribution in [0.4, 0.5) is 0 Å². The molecule has 0 radical (unpaired) electrons. The van der Waals surface area contributed by atoms with E-state index >= 15 is 0 Å². The number of aliphatic carboxylic acids is 1. The Bertz CT molecular complexity index is 1260. The first-order chi connectivity index (χ1) is 19.3. The molecule has 3 heterocycles. The van der Waals surface area contributed by atoms with Crippen molar-refractivity contribution in [3.05, 3.63) is 65.2 Å². The molecule has 3 aliphatic heterocycles. The number of likely N-dealkylation sites (tertiary alicyclic amines) is 1. The van der Waals surface area contributed by atoms with Crippen LogP contribution in [-0.2, 0) is 26.3 Å². The molecule has 3 aliphatic rings. The molecule has 0 aliphatic carbocycles. The second-order valence-electron chi connectivity index (χ2n) is 14.2. The van der Waals surface area contributed by atoms with Crippen molar-refractivity contribution >= 4 is 11.9 Å². The van der Waals surface area contributed by atoms with E-state index < -0.39 is 23.5 Å². The molecule has 7 nitrogen and oxygen atoms in total. The highest BCUT2D eigenvalue weighted by Crippen LogP contribution is 2.50. The molecule has 7 heteroatoms. The Morgan fingerprint density at radius 2 is 1.76 bits per heavy atom. The third-order valence-corrected chi connectivity index (χ3v) is 9.41. The van der Waals surface area contributed by atoms with Gasteiger partial charge < -0.3 is 24.8 Å². The van der Waals surface area contributed by atoms with Gasteiger partial charge in [0.25, 0.3) is 0 Å². The van der Waals surface area contributed by atoms with Crippen LogP contribution in [0.2, 0.25) is 0 Å². The SMILES string of the molecule is COc1ccc(C(C)(C)C)cc1CN[C@H]1[C@H](C(C)(C)C)[C@@H](C(=O)O)N(C(=O)[C@H]2C[C@@H]3CC[C@H]2O3)[C@H]1c1ccccc1. The van der Waals surface area contributed by atoms with Gasteiger partial charge in [0.1, 0.15) is 11.8 Å². The smallest absolute Gasteiger partial charge is 0.326 e. The molecule has 0 aromatic heterocycles. The molecule has 0 spiro atoms. The van der Waals surface area contributed by atoms with Gasteiger partial charge in [-0.2, -0.15) is 0 Å². The molecule has 3 fully saturated rings. The monoisotopic (exact) mass is 562 g/mol. The second-order valence-corrected chi connectivity index (χ2v) is 14.2. The minimum Gasteiger partial charge on any atom is -0.496 e. The lowest BCUT2D eigenvalue weighted by Crippen LogP contribution is -2.50. The number of nitrogens with zero attached hydrogens (tertiary/aromatic N) is 1. The van der Waals surface area contributed by atoms with Crippen molar-refractivity contribution in [3.63, 3.8) is 0 Å². The summed E-state index contributed by atoms with van der Waals surface area (Å²) in [6.45, 7) is 13.3. The average Bonchev–Trinajstić information content (AvgIpc) is 3.64. The zero-order chi connectivity index (χ0) is 29.7. The van der Waals surface area contributed by atoms with E-state index in [1.165, 1.54) is 5.56 Å². The standard InChI is InChI=1S/C34H46N2O5/c1-33(2,3)22-13-15-25(40-7)21(17-22)19-35-28-27(34(4,5)6)30(32(38)39)36(29(28)20-11-9-8-10-12-20)31(37)24-18-23-14-16-26(24)41-23/h8-13,15,17,23-24,26-30,35H,14,16,18-19H2,1-7H3,(H,38,39)/t23-,24-,26+,27-,28-,29-,30-/m0/s1. The van der Waals surface area contributed by atoms with Crippen LogP contribution in [0.5, 0.6) is 5.75 Å². The Hall–Kier alpha value is -2.90. The summed E-state index contributed by atoms with van der Waals surface area (Å²) < 4.78 is 11.8. The molecule has 2 aromatic rings. The maximum Gasteiger partial charge on any atom is 0.326 e. The van der Waals surface area contributed by atoms with Crippen molar-refractivity contribution in [3.8, 4) is 5.75 Å². The molecular formula is C34H46N2O5. The topological polar surface area (TPSA) is 88.1 Å². The van der Waals surface area contributed by atoms with Crippen LogP contribution >= 0.6 is 0 Å². The summed E-state index contributed by atoms with van der Waals surface area (Å²) in [5, 5.41) is 14.5. The van der Waals surface area contributed by atoms with E-state index in [4.69, 9.17) is 9.47 Å². The maximum atomic E-state index is 14.4. The highest BCUT2D eigenvalue weighted by atomic mass is 16.5. The van der Waals surface area contributed by atoms with E-state index in [2.05, 4.69) is 59.0 Å². The number of hydrogen-bond donors (Lipinski definition) is 2. The fraction of sp³-hybridized carbons (Fsp3) is 0.588. The van der Waals surface area contributed by atoms with Crippen molar-refractivity contribution in [2.75, 3.05) is 7.11 Å². The molecule has 2 N–H and O–H groups in total. The van der Waals surface area contributed by atoms with Gasteiger partial charge >= 0.3 is 5.97 Å². The van der Waals surface area contributed by atoms with E-state index in [9.17, 15) is 14.7 Å². The number of rotatable bonds is 7. The number of nitrogens with one attached hydrogen (secondary N) is 1. The molecule has 1 amide bonds. The molecule has 41 heavy (non-hydrogen) atoms. The lowest BCUT2D eigenvalue weighted by atomic mass is 9.72. The van der Waals surface area contributed by atoms with Crippen LogP contribution in [-0.4, -0.2) is 53.3 Å². The van der Waals surface area contributed by atoms with Crippen molar-refractivity contribution < 1.29 is 24.2 Å². The van der Waals surface area contributed by atoms with Gasteiger partial charge in [0.15, 0.2) is 0 Å². The number of fused-ring (bicyclic) bond motifs is 2. The quantitative estimate of drug-likeness (QED) is 0.449. The van der Waals surface area contributed by atoms with E-state index in [1.54, 1.807) is 12.0 Å². The average molecular weight is 563 g/mol. The van der Waals surface area contributed by atoms with Gasteiger partial charge in [-0.15, -0.1) is 0 Å². The maximum absolute atomic E-state index is 14.4. The lowest BCUT2D eigenvalue weighted by Gasteiger charge is -2.36. The molecular weight excluding hydrogens is 516 g/mol. The highest BCUT2D eigenvalue weighted by Gasteiger charge is 2.60. The van der Waals surface area contributed by atoms with Gasteiger partial charge in [-0.3, -0.25) is 4.79 Å². The lowest BCUT2D eigenvalue weighted by molar-refractivity contribution is -0.154. The second kappa shape index (κ2) is 11.1. The Morgan fingerprint density at radius 3 is 2.29 bits per heavy atom. The van der Waals surface area contributed by atoms with Gasteiger partial charge in [-0.25, -0.2) is 4.79 Å². The molecule has 5 rings (SSSR count). The summed E-state index contributed by atoms with van der Waals surface area (Å²) in [6.07, 6.45) is 2.48. The van der Waals surface area contributed by atoms with Crippen molar-refractivity contribution in [2.24, 2.45) is 17.3 Å². The van der Waals surface area contributed by atoms with E-state index in [-0.39, 0.29) is 41.4 Å². The van der Waals surface area contributed by atoms with Crippen LogP contribution in [0.3, 0.4) is 0 Å². The third kappa shape index (κ3) is 5.63. The largest absolute Gasteiger partial charge is 0.496 e. The summed E-state index contributed by atoms with van der Waals surface area (Å²) in [6, 6.07) is 14.5. The number of methoxy groups -OCH3 is 1.